The molecule has 2 rings (SSSR count). The van der Waals surface area contributed by atoms with Crippen molar-refractivity contribution in [2.24, 2.45) is 0 Å². The lowest BCUT2D eigenvalue weighted by Crippen LogP contribution is -2.40. The molecular formula is C14H16N2O2. The van der Waals surface area contributed by atoms with Gasteiger partial charge in [0.05, 0.1) is 11.5 Å². The number of hydrogen-bond donors (Lipinski definition) is 1. The van der Waals surface area contributed by atoms with Gasteiger partial charge in [0, 0.05) is 24.9 Å². The number of hydrogen-bond acceptors (Lipinski definition) is 4. The molecule has 1 aliphatic rings. The zero-order chi connectivity index (χ0) is 13.3. The summed E-state index contributed by atoms with van der Waals surface area (Å²) in [7, 11) is 3.83. The molecule has 0 aromatic heterocycles. The van der Waals surface area contributed by atoms with Crippen LogP contribution in [0.1, 0.15) is 24.0 Å². The van der Waals surface area contributed by atoms with Gasteiger partial charge in [-0.3, -0.25) is 4.79 Å². The Hall–Kier alpha value is -1.86. The van der Waals surface area contributed by atoms with E-state index in [4.69, 9.17) is 0 Å². The number of aromatic hydroxyl groups is 1. The van der Waals surface area contributed by atoms with Gasteiger partial charge in [0.2, 0.25) is 0 Å². The quantitative estimate of drug-likeness (QED) is 0.876. The number of carbonyl (C=O) groups is 1. The minimum Gasteiger partial charge on any atom is -0.508 e. The maximum Gasteiger partial charge on any atom is 0.136 e. The van der Waals surface area contributed by atoms with Crippen LogP contribution in [0.4, 0.5) is 0 Å². The summed E-state index contributed by atoms with van der Waals surface area (Å²) < 4.78 is 0. The number of benzene rings is 1. The van der Waals surface area contributed by atoms with Gasteiger partial charge in [0.25, 0.3) is 0 Å². The smallest absolute Gasteiger partial charge is 0.136 e. The Morgan fingerprint density at radius 2 is 2.11 bits per heavy atom. The first-order valence-corrected chi connectivity index (χ1v) is 5.87. The van der Waals surface area contributed by atoms with E-state index in [1.165, 1.54) is 0 Å². The van der Waals surface area contributed by atoms with Crippen LogP contribution in [0.25, 0.3) is 0 Å². The molecule has 0 spiro atoms. The highest BCUT2D eigenvalue weighted by molar-refractivity contribution is 5.90. The third-order valence-corrected chi connectivity index (χ3v) is 3.33. The van der Waals surface area contributed by atoms with Crippen molar-refractivity contribution in [2.75, 3.05) is 14.1 Å². The van der Waals surface area contributed by atoms with Crippen LogP contribution < -0.4 is 0 Å². The van der Waals surface area contributed by atoms with Crippen molar-refractivity contribution >= 4 is 5.78 Å². The van der Waals surface area contributed by atoms with E-state index in [2.05, 4.69) is 6.07 Å². The lowest BCUT2D eigenvalue weighted by molar-refractivity contribution is -0.126. The SMILES string of the molecule is CN(C)Cc1cc(C2(C#N)CC(=O)C2)ccc1O. The van der Waals surface area contributed by atoms with E-state index < -0.39 is 5.41 Å². The molecule has 0 unspecified atom stereocenters. The fourth-order valence-corrected chi connectivity index (χ4v) is 2.32. The molecular weight excluding hydrogens is 228 g/mol. The molecule has 0 amide bonds. The molecule has 0 saturated heterocycles. The largest absolute Gasteiger partial charge is 0.508 e. The fraction of sp³-hybridized carbons (Fsp3) is 0.429. The molecule has 94 valence electrons. The Morgan fingerprint density at radius 3 is 2.61 bits per heavy atom. The third kappa shape index (κ3) is 2.09. The number of Topliss-reactive ketones (excluding diaryl/α,β-unsaturated/α-hetero) is 1. The van der Waals surface area contributed by atoms with Crippen LogP contribution in [0.3, 0.4) is 0 Å². The Morgan fingerprint density at radius 1 is 1.44 bits per heavy atom. The highest BCUT2D eigenvalue weighted by Gasteiger charge is 2.45. The molecule has 1 fully saturated rings. The average Bonchev–Trinajstić information content (AvgIpc) is 2.27. The van der Waals surface area contributed by atoms with Crippen LogP contribution in [0.5, 0.6) is 5.75 Å². The lowest BCUT2D eigenvalue weighted by atomic mass is 9.64. The molecule has 18 heavy (non-hydrogen) atoms. The number of phenols is 1. The van der Waals surface area contributed by atoms with E-state index in [0.29, 0.717) is 6.54 Å². The molecule has 1 N–H and O–H groups in total. The minimum atomic E-state index is -0.675. The molecule has 0 radical (unpaired) electrons. The van der Waals surface area contributed by atoms with Crippen molar-refractivity contribution < 1.29 is 9.90 Å². The first-order valence-electron chi connectivity index (χ1n) is 5.87. The predicted molar refractivity (Wildman–Crippen MR) is 67.0 cm³/mol. The van der Waals surface area contributed by atoms with E-state index in [-0.39, 0.29) is 24.4 Å². The average molecular weight is 244 g/mol. The second kappa shape index (κ2) is 4.43. The van der Waals surface area contributed by atoms with Gasteiger partial charge in [-0.25, -0.2) is 0 Å². The molecule has 4 heteroatoms. The van der Waals surface area contributed by atoms with Gasteiger partial charge in [0.1, 0.15) is 11.5 Å². The molecule has 1 aromatic carbocycles. The zero-order valence-electron chi connectivity index (χ0n) is 10.6. The first-order chi connectivity index (χ1) is 8.47. The second-order valence-electron chi connectivity index (χ2n) is 5.17. The van der Waals surface area contributed by atoms with Crippen molar-refractivity contribution in [3.63, 3.8) is 0 Å². The van der Waals surface area contributed by atoms with Crippen LogP contribution in [0.2, 0.25) is 0 Å². The molecule has 0 bridgehead atoms. The van der Waals surface area contributed by atoms with Crippen LogP contribution in [-0.4, -0.2) is 29.9 Å². The van der Waals surface area contributed by atoms with Gasteiger partial charge in [-0.2, -0.15) is 5.26 Å². The molecule has 1 aromatic rings. The maximum absolute atomic E-state index is 11.2. The van der Waals surface area contributed by atoms with Gasteiger partial charge in [-0.05, 0) is 31.8 Å². The highest BCUT2D eigenvalue weighted by atomic mass is 16.3. The molecule has 4 nitrogen and oxygen atoms in total. The Kier molecular flexibility index (Phi) is 3.10. The zero-order valence-corrected chi connectivity index (χ0v) is 10.6. The van der Waals surface area contributed by atoms with E-state index >= 15 is 0 Å². The first kappa shape index (κ1) is 12.6. The number of carbonyl (C=O) groups excluding carboxylic acids is 1. The molecule has 1 saturated carbocycles. The number of nitriles is 1. The van der Waals surface area contributed by atoms with Gasteiger partial charge in [0.15, 0.2) is 0 Å². The molecule has 0 aliphatic heterocycles. The minimum absolute atomic E-state index is 0.124. The van der Waals surface area contributed by atoms with Crippen molar-refractivity contribution in [3.8, 4) is 11.8 Å². The summed E-state index contributed by atoms with van der Waals surface area (Å²) in [4.78, 5) is 13.1. The number of ketones is 1. The van der Waals surface area contributed by atoms with Crippen LogP contribution >= 0.6 is 0 Å². The third-order valence-electron chi connectivity index (χ3n) is 3.33. The van der Waals surface area contributed by atoms with Crippen LogP contribution in [0.15, 0.2) is 18.2 Å². The van der Waals surface area contributed by atoms with Gasteiger partial charge in [-0.15, -0.1) is 0 Å². The second-order valence-corrected chi connectivity index (χ2v) is 5.17. The normalized spacial score (nSPS) is 17.3. The summed E-state index contributed by atoms with van der Waals surface area (Å²) >= 11 is 0. The topological polar surface area (TPSA) is 64.3 Å². The van der Waals surface area contributed by atoms with E-state index in [1.54, 1.807) is 12.1 Å². The summed E-state index contributed by atoms with van der Waals surface area (Å²) in [5, 5.41) is 19.1. The summed E-state index contributed by atoms with van der Waals surface area (Å²) in [5.41, 5.74) is 0.942. The van der Waals surface area contributed by atoms with Gasteiger partial charge in [-0.1, -0.05) is 6.07 Å². The monoisotopic (exact) mass is 244 g/mol. The number of nitrogens with zero attached hydrogens (tertiary/aromatic N) is 2. The van der Waals surface area contributed by atoms with Crippen LogP contribution in [0, 0.1) is 11.3 Å². The standard InChI is InChI=1S/C14H16N2O2/c1-16(2)8-10-5-11(3-4-13(10)18)14(9-15)6-12(17)7-14/h3-5,18H,6-8H2,1-2H3. The summed E-state index contributed by atoms with van der Waals surface area (Å²) in [6.45, 7) is 0.606. The van der Waals surface area contributed by atoms with E-state index in [1.807, 2.05) is 25.1 Å². The Labute approximate surface area is 106 Å². The lowest BCUT2D eigenvalue weighted by Gasteiger charge is -2.34. The molecule has 0 atom stereocenters. The Balaban J connectivity index is 2.35. The number of phenolic OH excluding ortho intramolecular Hbond substituents is 1. The van der Waals surface area contributed by atoms with Crippen molar-refractivity contribution in [1.29, 1.82) is 5.26 Å². The summed E-state index contributed by atoms with van der Waals surface area (Å²) in [6.07, 6.45) is 0.575. The number of rotatable bonds is 3. The summed E-state index contributed by atoms with van der Waals surface area (Å²) in [6, 6.07) is 7.43. The van der Waals surface area contributed by atoms with E-state index in [9.17, 15) is 15.2 Å². The van der Waals surface area contributed by atoms with Crippen LogP contribution in [-0.2, 0) is 16.8 Å². The fourth-order valence-electron chi connectivity index (χ4n) is 2.32. The van der Waals surface area contributed by atoms with Crippen molar-refractivity contribution in [1.82, 2.24) is 4.90 Å². The Bertz CT molecular complexity index is 521. The summed E-state index contributed by atoms with van der Waals surface area (Å²) in [5.74, 6) is 0.352. The molecule has 1 aliphatic carbocycles. The maximum atomic E-state index is 11.2. The van der Waals surface area contributed by atoms with Gasteiger partial charge < -0.3 is 10.0 Å². The highest BCUT2D eigenvalue weighted by Crippen LogP contribution is 2.41. The van der Waals surface area contributed by atoms with Crippen molar-refractivity contribution in [3.05, 3.63) is 29.3 Å². The predicted octanol–water partition coefficient (Wildman–Crippen LogP) is 1.58. The molecule has 0 heterocycles. The van der Waals surface area contributed by atoms with Crippen molar-refractivity contribution in [2.45, 2.75) is 24.8 Å². The van der Waals surface area contributed by atoms with Gasteiger partial charge >= 0.3 is 0 Å². The van der Waals surface area contributed by atoms with E-state index in [0.717, 1.165) is 11.1 Å².